The lowest BCUT2D eigenvalue weighted by molar-refractivity contribution is 0.619. The predicted octanol–water partition coefficient (Wildman–Crippen LogP) is 2.87. The molecule has 2 heterocycles. The van der Waals surface area contributed by atoms with E-state index in [0.717, 1.165) is 10.8 Å². The van der Waals surface area contributed by atoms with E-state index in [2.05, 4.69) is 20.3 Å². The third kappa shape index (κ3) is 1.99. The highest BCUT2D eigenvalue weighted by Crippen LogP contribution is 2.28. The Hall–Kier alpha value is -2.56. The molecule has 1 N–H and O–H groups in total. The van der Waals surface area contributed by atoms with Crippen molar-refractivity contribution in [1.29, 1.82) is 0 Å². The summed E-state index contributed by atoms with van der Waals surface area (Å²) in [5.74, 6) is -0.0624. The number of hydrogen-bond donors (Lipinski definition) is 1. The second-order valence-corrected chi connectivity index (χ2v) is 4.04. The molecule has 0 aliphatic rings. The van der Waals surface area contributed by atoms with Crippen molar-refractivity contribution in [2.24, 2.45) is 0 Å². The van der Waals surface area contributed by atoms with Crippen LogP contribution in [0, 0.1) is 5.82 Å². The highest BCUT2D eigenvalue weighted by atomic mass is 19.1. The minimum absolute atomic E-state index is 0.276. The van der Waals surface area contributed by atoms with Crippen LogP contribution >= 0.6 is 0 Å². The number of fused-ring (bicyclic) bond motifs is 1. The van der Waals surface area contributed by atoms with Gasteiger partial charge in [0.1, 0.15) is 5.69 Å². The van der Waals surface area contributed by atoms with Crippen LogP contribution in [0.3, 0.4) is 0 Å². The first-order valence-corrected chi connectivity index (χ1v) is 5.83. The lowest BCUT2D eigenvalue weighted by Crippen LogP contribution is -2.00. The van der Waals surface area contributed by atoms with Gasteiger partial charge in [-0.25, -0.2) is 14.4 Å². The van der Waals surface area contributed by atoms with Crippen LogP contribution in [-0.2, 0) is 0 Å². The second-order valence-electron chi connectivity index (χ2n) is 4.04. The Bertz CT molecular complexity index is 737. The van der Waals surface area contributed by atoms with Crippen molar-refractivity contribution >= 4 is 16.7 Å². The number of halogens is 1. The Morgan fingerprint density at radius 3 is 2.89 bits per heavy atom. The van der Waals surface area contributed by atoms with Gasteiger partial charge in [-0.05, 0) is 11.5 Å². The van der Waals surface area contributed by atoms with Gasteiger partial charge in [0.15, 0.2) is 5.82 Å². The average Bonchev–Trinajstić information content (AvgIpc) is 2.47. The zero-order valence-electron chi connectivity index (χ0n) is 10.3. The van der Waals surface area contributed by atoms with Gasteiger partial charge in [-0.2, -0.15) is 0 Å². The van der Waals surface area contributed by atoms with Gasteiger partial charge in [-0.15, -0.1) is 0 Å². The zero-order valence-corrected chi connectivity index (χ0v) is 10.3. The maximum atomic E-state index is 13.9. The number of anilines is 1. The molecule has 3 rings (SSSR count). The van der Waals surface area contributed by atoms with E-state index in [1.165, 1.54) is 6.20 Å². The van der Waals surface area contributed by atoms with Crippen molar-refractivity contribution < 1.29 is 4.39 Å². The van der Waals surface area contributed by atoms with Crippen LogP contribution in [0.4, 0.5) is 10.3 Å². The van der Waals surface area contributed by atoms with Crippen molar-refractivity contribution in [1.82, 2.24) is 15.0 Å². The minimum atomic E-state index is -0.449. The van der Waals surface area contributed by atoms with Crippen molar-refractivity contribution in [3.63, 3.8) is 0 Å². The smallest absolute Gasteiger partial charge is 0.223 e. The molecule has 94 valence electrons. The van der Waals surface area contributed by atoms with Crippen molar-refractivity contribution in [2.75, 3.05) is 12.4 Å². The number of nitrogens with one attached hydrogen (secondary N) is 1. The molecule has 0 fully saturated rings. The molecule has 3 aromatic rings. The van der Waals surface area contributed by atoms with Crippen LogP contribution < -0.4 is 5.32 Å². The summed E-state index contributed by atoms with van der Waals surface area (Å²) in [7, 11) is 1.70. The number of hydrogen-bond acceptors (Lipinski definition) is 4. The number of aromatic nitrogens is 3. The summed E-state index contributed by atoms with van der Waals surface area (Å²) in [5.41, 5.74) is 0.986. The summed E-state index contributed by atoms with van der Waals surface area (Å²) in [6.07, 6.45) is 4.59. The third-order valence-electron chi connectivity index (χ3n) is 2.91. The largest absolute Gasteiger partial charge is 0.357 e. The summed E-state index contributed by atoms with van der Waals surface area (Å²) >= 11 is 0. The third-order valence-corrected chi connectivity index (χ3v) is 2.91. The Labute approximate surface area is 109 Å². The molecule has 0 radical (unpaired) electrons. The van der Waals surface area contributed by atoms with Crippen LogP contribution in [0.25, 0.3) is 22.0 Å². The molecule has 19 heavy (non-hydrogen) atoms. The molecule has 0 unspecified atom stereocenters. The van der Waals surface area contributed by atoms with E-state index >= 15 is 0 Å². The van der Waals surface area contributed by atoms with Gasteiger partial charge in [0.2, 0.25) is 5.95 Å². The fraction of sp³-hybridized carbons (Fsp3) is 0.0714. The van der Waals surface area contributed by atoms with Crippen LogP contribution in [0.5, 0.6) is 0 Å². The highest BCUT2D eigenvalue weighted by Gasteiger charge is 2.11. The molecule has 0 aliphatic carbocycles. The van der Waals surface area contributed by atoms with Crippen molar-refractivity contribution in [2.45, 2.75) is 0 Å². The lowest BCUT2D eigenvalue weighted by atomic mass is 10.0. The summed E-state index contributed by atoms with van der Waals surface area (Å²) in [6.45, 7) is 0. The van der Waals surface area contributed by atoms with Gasteiger partial charge in [-0.1, -0.05) is 18.2 Å². The molecule has 5 heteroatoms. The zero-order chi connectivity index (χ0) is 13.2. The van der Waals surface area contributed by atoms with E-state index in [9.17, 15) is 4.39 Å². The summed E-state index contributed by atoms with van der Waals surface area (Å²) in [4.78, 5) is 12.1. The minimum Gasteiger partial charge on any atom is -0.357 e. The van der Waals surface area contributed by atoms with Crippen LogP contribution in [-0.4, -0.2) is 22.0 Å². The quantitative estimate of drug-likeness (QED) is 0.764. The van der Waals surface area contributed by atoms with E-state index in [1.807, 2.05) is 24.3 Å². The molecule has 0 atom stereocenters. The number of rotatable bonds is 2. The average molecular weight is 254 g/mol. The first-order valence-electron chi connectivity index (χ1n) is 5.83. The Morgan fingerprint density at radius 2 is 2.05 bits per heavy atom. The second kappa shape index (κ2) is 4.61. The van der Waals surface area contributed by atoms with Crippen LogP contribution in [0.1, 0.15) is 0 Å². The molecular weight excluding hydrogens is 243 g/mol. The first-order chi connectivity index (χ1) is 9.29. The van der Waals surface area contributed by atoms with Crippen LogP contribution in [0.15, 0.2) is 42.9 Å². The van der Waals surface area contributed by atoms with Gasteiger partial charge in [0, 0.05) is 30.4 Å². The van der Waals surface area contributed by atoms with Crippen molar-refractivity contribution in [3.05, 3.63) is 48.7 Å². The van der Waals surface area contributed by atoms with Crippen LogP contribution in [0.2, 0.25) is 0 Å². The first kappa shape index (κ1) is 11.5. The van der Waals surface area contributed by atoms with E-state index in [4.69, 9.17) is 0 Å². The van der Waals surface area contributed by atoms with E-state index in [1.54, 1.807) is 19.4 Å². The Kier molecular flexibility index (Phi) is 2.79. The molecule has 0 amide bonds. The summed E-state index contributed by atoms with van der Waals surface area (Å²) < 4.78 is 13.9. The Morgan fingerprint density at radius 1 is 1.16 bits per heavy atom. The predicted molar refractivity (Wildman–Crippen MR) is 72.3 cm³/mol. The highest BCUT2D eigenvalue weighted by molar-refractivity contribution is 5.95. The van der Waals surface area contributed by atoms with E-state index < -0.39 is 5.82 Å². The molecule has 0 bridgehead atoms. The molecule has 0 saturated heterocycles. The fourth-order valence-corrected chi connectivity index (χ4v) is 2.00. The maximum Gasteiger partial charge on any atom is 0.223 e. The summed E-state index contributed by atoms with van der Waals surface area (Å²) in [5, 5.41) is 4.67. The van der Waals surface area contributed by atoms with Gasteiger partial charge in [-0.3, -0.25) is 4.98 Å². The topological polar surface area (TPSA) is 50.7 Å². The standard InChI is InChI=1S/C14H11FN4/c1-16-14-18-8-12(15)13(19-14)10-4-2-3-9-5-6-17-7-11(9)10/h2-8H,1H3,(H,16,18,19). The van der Waals surface area contributed by atoms with Gasteiger partial charge in [0.25, 0.3) is 0 Å². The monoisotopic (exact) mass is 254 g/mol. The molecule has 0 aliphatic heterocycles. The number of benzene rings is 1. The SMILES string of the molecule is CNc1ncc(F)c(-c2cccc3ccncc23)n1. The molecule has 2 aromatic heterocycles. The Balaban J connectivity index is 2.30. The lowest BCUT2D eigenvalue weighted by Gasteiger charge is -2.07. The van der Waals surface area contributed by atoms with Gasteiger partial charge in [0.05, 0.1) is 6.20 Å². The number of pyridine rings is 1. The maximum absolute atomic E-state index is 13.9. The molecular formula is C14H11FN4. The van der Waals surface area contributed by atoms with Gasteiger partial charge >= 0.3 is 0 Å². The fourth-order valence-electron chi connectivity index (χ4n) is 2.00. The number of nitrogens with zero attached hydrogens (tertiary/aromatic N) is 3. The molecule has 0 spiro atoms. The molecule has 4 nitrogen and oxygen atoms in total. The van der Waals surface area contributed by atoms with E-state index in [0.29, 0.717) is 11.5 Å². The molecule has 0 saturated carbocycles. The van der Waals surface area contributed by atoms with Gasteiger partial charge < -0.3 is 5.32 Å². The van der Waals surface area contributed by atoms with Crippen molar-refractivity contribution in [3.8, 4) is 11.3 Å². The summed E-state index contributed by atoms with van der Waals surface area (Å²) in [6, 6.07) is 7.54. The molecule has 1 aromatic carbocycles. The normalized spacial score (nSPS) is 10.6. The van der Waals surface area contributed by atoms with E-state index in [-0.39, 0.29) is 5.69 Å².